The fourth-order valence-electron chi connectivity index (χ4n) is 4.39. The lowest BCUT2D eigenvalue weighted by Crippen LogP contribution is -2.29. The second kappa shape index (κ2) is 9.25. The average molecular weight is 517 g/mol. The quantitative estimate of drug-likeness (QED) is 0.167. The number of esters is 1. The van der Waals surface area contributed by atoms with Crippen molar-refractivity contribution in [2.45, 2.75) is 19.9 Å². The number of carbonyl (C=O) groups is 3. The number of aromatic nitrogens is 1. The summed E-state index contributed by atoms with van der Waals surface area (Å²) in [6.45, 7) is 3.66. The van der Waals surface area contributed by atoms with Crippen molar-refractivity contribution in [2.75, 3.05) is 12.0 Å². The van der Waals surface area contributed by atoms with Crippen LogP contribution in [0, 0.1) is 19.7 Å². The Kier molecular flexibility index (Phi) is 6.08. The van der Waals surface area contributed by atoms with Gasteiger partial charge in [0.15, 0.2) is 5.13 Å². The van der Waals surface area contributed by atoms with Crippen LogP contribution in [-0.2, 0) is 14.3 Å². The molecule has 1 unspecified atom stereocenters. The fourth-order valence-corrected chi connectivity index (χ4v) is 5.41. The molecule has 2 heterocycles. The van der Waals surface area contributed by atoms with Gasteiger partial charge in [-0.1, -0.05) is 41.2 Å². The van der Waals surface area contributed by atoms with Gasteiger partial charge in [0, 0.05) is 5.56 Å². The second-order valence-corrected chi connectivity index (χ2v) is 9.72. The first-order valence-corrected chi connectivity index (χ1v) is 12.1. The van der Waals surface area contributed by atoms with Gasteiger partial charge in [-0.05, 0) is 61.4 Å². The molecule has 0 bridgehead atoms. The van der Waals surface area contributed by atoms with Crippen LogP contribution in [-0.4, -0.2) is 34.9 Å². The Balaban J connectivity index is 1.73. The zero-order valence-electron chi connectivity index (χ0n) is 20.1. The van der Waals surface area contributed by atoms with Gasteiger partial charge in [0.25, 0.3) is 5.78 Å². The Labute approximate surface area is 215 Å². The van der Waals surface area contributed by atoms with E-state index in [4.69, 9.17) is 4.74 Å². The Morgan fingerprint density at radius 3 is 2.49 bits per heavy atom. The predicted octanol–water partition coefficient (Wildman–Crippen LogP) is 5.47. The summed E-state index contributed by atoms with van der Waals surface area (Å²) in [5.74, 6) is -3.03. The number of hydrogen-bond acceptors (Lipinski definition) is 7. The Morgan fingerprint density at radius 2 is 1.78 bits per heavy atom. The summed E-state index contributed by atoms with van der Waals surface area (Å²) in [5.41, 5.74) is 3.16. The normalized spacial score (nSPS) is 17.0. The number of carbonyl (C=O) groups excluding carboxylic acids is 3. The van der Waals surface area contributed by atoms with Crippen LogP contribution in [0.25, 0.3) is 16.0 Å². The number of halogens is 1. The average Bonchev–Trinajstić information content (AvgIpc) is 3.42. The molecule has 1 fully saturated rings. The van der Waals surface area contributed by atoms with Crippen LogP contribution in [0.5, 0.6) is 0 Å². The summed E-state index contributed by atoms with van der Waals surface area (Å²) in [7, 11) is 1.27. The second-order valence-electron chi connectivity index (χ2n) is 8.71. The van der Waals surface area contributed by atoms with E-state index in [-0.39, 0.29) is 22.0 Å². The number of ether oxygens (including phenoxy) is 1. The molecule has 1 aliphatic heterocycles. The maximum Gasteiger partial charge on any atom is 0.337 e. The van der Waals surface area contributed by atoms with E-state index in [1.807, 2.05) is 19.1 Å². The molecule has 1 aromatic heterocycles. The van der Waals surface area contributed by atoms with Crippen molar-refractivity contribution in [2.24, 2.45) is 0 Å². The number of nitrogens with zero attached hydrogens (tertiary/aromatic N) is 2. The van der Waals surface area contributed by atoms with Crippen LogP contribution in [0.1, 0.15) is 38.7 Å². The number of thiazole rings is 1. The molecular weight excluding hydrogens is 495 g/mol. The molecular formula is C28H21FN2O5S. The summed E-state index contributed by atoms with van der Waals surface area (Å²) in [5, 5.41) is 11.6. The number of methoxy groups -OCH3 is 1. The molecule has 1 amide bonds. The molecule has 0 spiro atoms. The molecule has 7 nitrogen and oxygen atoms in total. The smallest absolute Gasteiger partial charge is 0.337 e. The Hall–Kier alpha value is -4.37. The van der Waals surface area contributed by atoms with Crippen molar-refractivity contribution in [3.8, 4) is 0 Å². The highest BCUT2D eigenvalue weighted by Gasteiger charge is 2.48. The van der Waals surface area contributed by atoms with E-state index in [1.54, 1.807) is 25.1 Å². The number of Topliss-reactive ketones (excluding diaryl/α,β-unsaturated/α-hetero) is 1. The molecule has 9 heteroatoms. The minimum Gasteiger partial charge on any atom is -0.507 e. The molecule has 5 rings (SSSR count). The van der Waals surface area contributed by atoms with Crippen LogP contribution >= 0.6 is 11.3 Å². The maximum atomic E-state index is 13.8. The molecule has 0 radical (unpaired) electrons. The summed E-state index contributed by atoms with van der Waals surface area (Å²) in [6.07, 6.45) is 0. The number of aliphatic hydroxyl groups excluding tert-OH is 1. The number of benzene rings is 3. The van der Waals surface area contributed by atoms with Crippen molar-refractivity contribution in [1.29, 1.82) is 0 Å². The van der Waals surface area contributed by atoms with E-state index in [0.29, 0.717) is 21.3 Å². The molecule has 1 N–H and O–H groups in total. The number of ketones is 1. The van der Waals surface area contributed by atoms with Crippen LogP contribution in [0.4, 0.5) is 9.52 Å². The first-order valence-electron chi connectivity index (χ1n) is 11.3. The van der Waals surface area contributed by atoms with E-state index in [2.05, 4.69) is 4.98 Å². The van der Waals surface area contributed by atoms with E-state index < -0.39 is 29.5 Å². The number of rotatable bonds is 4. The molecule has 37 heavy (non-hydrogen) atoms. The van der Waals surface area contributed by atoms with Crippen LogP contribution < -0.4 is 4.90 Å². The summed E-state index contributed by atoms with van der Waals surface area (Å²) >= 11 is 1.06. The van der Waals surface area contributed by atoms with E-state index in [9.17, 15) is 23.9 Å². The first kappa shape index (κ1) is 24.3. The van der Waals surface area contributed by atoms with Crippen molar-refractivity contribution in [3.05, 3.63) is 99.9 Å². The van der Waals surface area contributed by atoms with Crippen molar-refractivity contribution < 1.29 is 28.6 Å². The standard InChI is InChI=1S/C28H21FN2O5S/c1-14-4-5-15(2)19(12-14)24(32)22-23(16-6-8-17(9-7-16)27(35)36-3)31(26(34)25(22)33)28-30-20-11-10-18(29)13-21(20)37-28/h4-13,23,32H,1-3H3/b24-22+. The molecule has 186 valence electrons. The number of fused-ring (bicyclic) bond motifs is 1. The first-order chi connectivity index (χ1) is 17.7. The summed E-state index contributed by atoms with van der Waals surface area (Å²) in [4.78, 5) is 44.5. The van der Waals surface area contributed by atoms with Crippen molar-refractivity contribution in [1.82, 2.24) is 4.98 Å². The molecule has 1 aliphatic rings. The van der Waals surface area contributed by atoms with Gasteiger partial charge >= 0.3 is 11.9 Å². The van der Waals surface area contributed by atoms with Gasteiger partial charge in [0.2, 0.25) is 0 Å². The monoisotopic (exact) mass is 516 g/mol. The number of amides is 1. The van der Waals surface area contributed by atoms with Crippen molar-refractivity contribution in [3.63, 3.8) is 0 Å². The lowest BCUT2D eigenvalue weighted by molar-refractivity contribution is -0.132. The topological polar surface area (TPSA) is 96.8 Å². The highest BCUT2D eigenvalue weighted by atomic mass is 32.1. The number of aliphatic hydroxyl groups is 1. The molecule has 0 saturated carbocycles. The summed E-state index contributed by atoms with van der Waals surface area (Å²) < 4.78 is 19.1. The Morgan fingerprint density at radius 1 is 1.05 bits per heavy atom. The van der Waals surface area contributed by atoms with E-state index in [1.165, 1.54) is 42.3 Å². The third-order valence-corrected chi connectivity index (χ3v) is 7.30. The molecule has 4 aromatic rings. The number of hydrogen-bond donors (Lipinski definition) is 1. The molecule has 0 aliphatic carbocycles. The minimum absolute atomic E-state index is 0.102. The molecule has 3 aromatic carbocycles. The zero-order valence-corrected chi connectivity index (χ0v) is 20.9. The minimum atomic E-state index is -1.03. The highest BCUT2D eigenvalue weighted by molar-refractivity contribution is 7.22. The van der Waals surface area contributed by atoms with Gasteiger partial charge in [-0.15, -0.1) is 0 Å². The van der Waals surface area contributed by atoms with E-state index >= 15 is 0 Å². The number of aryl methyl sites for hydroxylation is 2. The molecule has 1 atom stereocenters. The third-order valence-electron chi connectivity index (χ3n) is 6.29. The predicted molar refractivity (Wildman–Crippen MR) is 138 cm³/mol. The van der Waals surface area contributed by atoms with Crippen LogP contribution in [0.2, 0.25) is 0 Å². The summed E-state index contributed by atoms with van der Waals surface area (Å²) in [6, 6.07) is 14.7. The van der Waals surface area contributed by atoms with Gasteiger partial charge < -0.3 is 9.84 Å². The van der Waals surface area contributed by atoms with Crippen LogP contribution in [0.15, 0.2) is 66.2 Å². The largest absolute Gasteiger partial charge is 0.507 e. The fraction of sp³-hybridized carbons (Fsp3) is 0.143. The van der Waals surface area contributed by atoms with Crippen LogP contribution in [0.3, 0.4) is 0 Å². The molecule has 1 saturated heterocycles. The lowest BCUT2D eigenvalue weighted by atomic mass is 9.93. The van der Waals surface area contributed by atoms with Gasteiger partial charge in [0.1, 0.15) is 11.6 Å². The maximum absolute atomic E-state index is 13.8. The van der Waals surface area contributed by atoms with Crippen molar-refractivity contribution >= 4 is 50.1 Å². The zero-order chi connectivity index (χ0) is 26.4. The lowest BCUT2D eigenvalue weighted by Gasteiger charge is -2.23. The third kappa shape index (κ3) is 4.17. The van der Waals surface area contributed by atoms with Gasteiger partial charge in [-0.3, -0.25) is 14.5 Å². The van der Waals surface area contributed by atoms with E-state index in [0.717, 1.165) is 22.5 Å². The van der Waals surface area contributed by atoms with Gasteiger partial charge in [0.05, 0.1) is 34.5 Å². The van der Waals surface area contributed by atoms with Gasteiger partial charge in [-0.2, -0.15) is 0 Å². The van der Waals surface area contributed by atoms with Gasteiger partial charge in [-0.25, -0.2) is 14.2 Å². The Bertz CT molecular complexity index is 1620. The SMILES string of the molecule is COC(=O)c1ccc(C2/C(=C(\O)c3cc(C)ccc3C)C(=O)C(=O)N2c2nc3ccc(F)cc3s2)cc1. The number of anilines is 1. The highest BCUT2D eigenvalue weighted by Crippen LogP contribution is 2.44.